The molecule has 0 bridgehead atoms. The molecule has 0 aliphatic heterocycles. The van der Waals surface area contributed by atoms with E-state index in [9.17, 15) is 0 Å². The van der Waals surface area contributed by atoms with Gasteiger partial charge in [-0.1, -0.05) is 6.08 Å². The Bertz CT molecular complexity index is 406. The van der Waals surface area contributed by atoms with Crippen molar-refractivity contribution in [1.29, 1.82) is 0 Å². The van der Waals surface area contributed by atoms with Gasteiger partial charge in [0.25, 0.3) is 0 Å². The maximum Gasteiger partial charge on any atom is 0.151 e. The van der Waals surface area contributed by atoms with E-state index in [4.69, 9.17) is 0 Å². The van der Waals surface area contributed by atoms with E-state index in [0.29, 0.717) is 6.04 Å². The van der Waals surface area contributed by atoms with E-state index >= 15 is 0 Å². The Morgan fingerprint density at radius 2 is 2.11 bits per heavy atom. The lowest BCUT2D eigenvalue weighted by atomic mass is 10.3. The minimum atomic E-state index is 0.646. The van der Waals surface area contributed by atoms with Gasteiger partial charge >= 0.3 is 0 Å². The van der Waals surface area contributed by atoms with E-state index in [1.54, 1.807) is 0 Å². The smallest absolute Gasteiger partial charge is 0.151 e. The molecule has 0 saturated heterocycles. The summed E-state index contributed by atoms with van der Waals surface area (Å²) < 4.78 is 0. The van der Waals surface area contributed by atoms with Crippen LogP contribution in [0.1, 0.15) is 31.4 Å². The van der Waals surface area contributed by atoms with E-state index in [2.05, 4.69) is 39.1 Å². The number of nitrogens with zero attached hydrogens (tertiary/aromatic N) is 3. The summed E-state index contributed by atoms with van der Waals surface area (Å²) >= 11 is 0. The van der Waals surface area contributed by atoms with Gasteiger partial charge in [0.05, 0.1) is 5.69 Å². The van der Waals surface area contributed by atoms with Crippen LogP contribution in [-0.2, 0) is 6.54 Å². The van der Waals surface area contributed by atoms with Crippen LogP contribution in [0.15, 0.2) is 24.8 Å². The van der Waals surface area contributed by atoms with Crippen LogP contribution in [0.4, 0.5) is 5.82 Å². The highest BCUT2D eigenvalue weighted by Crippen LogP contribution is 2.30. The van der Waals surface area contributed by atoms with Gasteiger partial charge in [-0.3, -0.25) is 0 Å². The van der Waals surface area contributed by atoms with Gasteiger partial charge < -0.3 is 10.2 Å². The second kappa shape index (κ2) is 5.06. The van der Waals surface area contributed by atoms with E-state index in [1.165, 1.54) is 25.7 Å². The van der Waals surface area contributed by atoms with Crippen LogP contribution in [-0.4, -0.2) is 28.8 Å². The van der Waals surface area contributed by atoms with Crippen molar-refractivity contribution in [2.75, 3.05) is 11.4 Å². The number of rotatable bonds is 7. The summed E-state index contributed by atoms with van der Waals surface area (Å²) in [5.41, 5.74) is 1.03. The Hall–Kier alpha value is -1.42. The first kappa shape index (κ1) is 11.7. The number of aromatic nitrogens is 2. The van der Waals surface area contributed by atoms with Crippen molar-refractivity contribution in [3.05, 3.63) is 30.5 Å². The predicted octanol–water partition coefficient (Wildman–Crippen LogP) is 1.88. The second-order valence-corrected chi connectivity index (χ2v) is 5.21. The molecule has 1 N–H and O–H groups in total. The van der Waals surface area contributed by atoms with Gasteiger partial charge in [-0.05, 0) is 37.8 Å². The fraction of sp³-hybridized carbons (Fsp3) is 0.571. The van der Waals surface area contributed by atoms with Gasteiger partial charge in [0.15, 0.2) is 5.82 Å². The molecule has 3 rings (SSSR count). The first-order chi connectivity index (χ1) is 8.86. The number of anilines is 1. The molecule has 0 radical (unpaired) electrons. The summed E-state index contributed by atoms with van der Waals surface area (Å²) in [4.78, 5) is 2.29. The standard InChI is InChI=1S/C14H20N4/c1-2-9-18(13-6-7-13)14-8-5-12(16-17-14)10-15-11-3-4-11/h2,5,8,11,13,15H,1,3-4,6-7,9-10H2. The summed E-state index contributed by atoms with van der Waals surface area (Å²) in [6.07, 6.45) is 7.07. The molecule has 2 fully saturated rings. The Labute approximate surface area is 108 Å². The van der Waals surface area contributed by atoms with E-state index in [1.807, 2.05) is 6.08 Å². The maximum atomic E-state index is 4.35. The molecule has 0 aromatic carbocycles. The van der Waals surface area contributed by atoms with Crippen LogP contribution in [0.5, 0.6) is 0 Å². The summed E-state index contributed by atoms with van der Waals surface area (Å²) in [7, 11) is 0. The van der Waals surface area contributed by atoms with Gasteiger partial charge in [0.2, 0.25) is 0 Å². The van der Waals surface area contributed by atoms with Crippen LogP contribution < -0.4 is 10.2 Å². The Kier molecular flexibility index (Phi) is 3.28. The third-order valence-corrected chi connectivity index (χ3v) is 3.46. The van der Waals surface area contributed by atoms with Gasteiger partial charge in [-0.15, -0.1) is 11.7 Å². The summed E-state index contributed by atoms with van der Waals surface area (Å²) in [6, 6.07) is 5.53. The second-order valence-electron chi connectivity index (χ2n) is 5.21. The minimum Gasteiger partial charge on any atom is -0.348 e. The van der Waals surface area contributed by atoms with Crippen molar-refractivity contribution in [2.45, 2.75) is 44.3 Å². The van der Waals surface area contributed by atoms with Crippen molar-refractivity contribution in [3.8, 4) is 0 Å². The van der Waals surface area contributed by atoms with Gasteiger partial charge in [0.1, 0.15) is 0 Å². The summed E-state index contributed by atoms with van der Waals surface area (Å²) in [5, 5.41) is 12.1. The molecule has 2 saturated carbocycles. The average molecular weight is 244 g/mol. The summed E-state index contributed by atoms with van der Waals surface area (Å²) in [5.74, 6) is 0.979. The molecule has 0 spiro atoms. The Morgan fingerprint density at radius 3 is 2.67 bits per heavy atom. The lowest BCUT2D eigenvalue weighted by Crippen LogP contribution is -2.27. The first-order valence-corrected chi connectivity index (χ1v) is 6.80. The fourth-order valence-electron chi connectivity index (χ4n) is 2.09. The molecule has 2 aliphatic rings. The van der Waals surface area contributed by atoms with Crippen molar-refractivity contribution in [2.24, 2.45) is 0 Å². The predicted molar refractivity (Wildman–Crippen MR) is 72.5 cm³/mol. The molecule has 4 heteroatoms. The highest BCUT2D eigenvalue weighted by Gasteiger charge is 2.29. The molecule has 4 nitrogen and oxygen atoms in total. The van der Waals surface area contributed by atoms with Crippen LogP contribution in [0.25, 0.3) is 0 Å². The molecule has 1 heterocycles. The molecule has 2 aliphatic carbocycles. The first-order valence-electron chi connectivity index (χ1n) is 6.80. The molecular weight excluding hydrogens is 224 g/mol. The average Bonchev–Trinajstić information content (AvgIpc) is 3.28. The van der Waals surface area contributed by atoms with Crippen LogP contribution in [0.2, 0.25) is 0 Å². The third-order valence-electron chi connectivity index (χ3n) is 3.46. The molecule has 96 valence electrons. The van der Waals surface area contributed by atoms with Gasteiger partial charge in [0, 0.05) is 25.2 Å². The van der Waals surface area contributed by atoms with Crippen LogP contribution in [0, 0.1) is 0 Å². The maximum absolute atomic E-state index is 4.35. The SMILES string of the molecule is C=CCN(c1ccc(CNC2CC2)nn1)C1CC1. The topological polar surface area (TPSA) is 41.0 Å². The van der Waals surface area contributed by atoms with Crippen molar-refractivity contribution in [3.63, 3.8) is 0 Å². The van der Waals surface area contributed by atoms with Gasteiger partial charge in [-0.25, -0.2) is 0 Å². The Balaban J connectivity index is 1.62. The highest BCUT2D eigenvalue weighted by molar-refractivity contribution is 5.41. The fourth-order valence-corrected chi connectivity index (χ4v) is 2.09. The van der Waals surface area contributed by atoms with E-state index < -0.39 is 0 Å². The lowest BCUT2D eigenvalue weighted by molar-refractivity contribution is 0.663. The van der Waals surface area contributed by atoms with Crippen molar-refractivity contribution in [1.82, 2.24) is 15.5 Å². The normalized spacial score (nSPS) is 18.7. The molecule has 1 aromatic rings. The molecular formula is C14H20N4. The number of nitrogens with one attached hydrogen (secondary N) is 1. The van der Waals surface area contributed by atoms with Gasteiger partial charge in [-0.2, -0.15) is 5.10 Å². The summed E-state index contributed by atoms with van der Waals surface area (Å²) in [6.45, 7) is 5.51. The number of hydrogen-bond donors (Lipinski definition) is 1. The largest absolute Gasteiger partial charge is 0.348 e. The van der Waals surface area contributed by atoms with Crippen LogP contribution >= 0.6 is 0 Å². The highest BCUT2D eigenvalue weighted by atomic mass is 15.3. The molecule has 1 aromatic heterocycles. The van der Waals surface area contributed by atoms with E-state index in [0.717, 1.165) is 30.6 Å². The Morgan fingerprint density at radius 1 is 1.28 bits per heavy atom. The van der Waals surface area contributed by atoms with Crippen molar-refractivity contribution >= 4 is 5.82 Å². The number of hydrogen-bond acceptors (Lipinski definition) is 4. The quantitative estimate of drug-likeness (QED) is 0.744. The molecule has 18 heavy (non-hydrogen) atoms. The third kappa shape index (κ3) is 2.88. The molecule has 0 unspecified atom stereocenters. The zero-order valence-corrected chi connectivity index (χ0v) is 10.7. The van der Waals surface area contributed by atoms with E-state index in [-0.39, 0.29) is 0 Å². The lowest BCUT2D eigenvalue weighted by Gasteiger charge is -2.21. The van der Waals surface area contributed by atoms with Crippen LogP contribution in [0.3, 0.4) is 0 Å². The van der Waals surface area contributed by atoms with Crippen molar-refractivity contribution < 1.29 is 0 Å². The zero-order chi connectivity index (χ0) is 12.4. The monoisotopic (exact) mass is 244 g/mol. The molecule has 0 amide bonds. The zero-order valence-electron chi connectivity index (χ0n) is 10.7. The molecule has 0 atom stereocenters. The minimum absolute atomic E-state index is 0.646.